The molecule has 0 radical (unpaired) electrons. The van der Waals surface area contributed by atoms with Crippen LogP contribution in [0.1, 0.15) is 11.1 Å². The molecule has 1 N–H and O–H groups in total. The topological polar surface area (TPSA) is 110 Å². The molecule has 8 nitrogen and oxygen atoms in total. The fourth-order valence-electron chi connectivity index (χ4n) is 2.60. The average molecular weight is 369 g/mol. The highest BCUT2D eigenvalue weighted by atomic mass is 16.5. The molecule has 1 aromatic carbocycles. The summed E-state index contributed by atoms with van der Waals surface area (Å²) in [5, 5.41) is 12.1. The van der Waals surface area contributed by atoms with E-state index in [1.165, 1.54) is 12.5 Å². The minimum Gasteiger partial charge on any atom is -0.439 e. The number of nitriles is 1. The minimum atomic E-state index is 0.449. The molecule has 0 fully saturated rings. The van der Waals surface area contributed by atoms with Crippen LogP contribution >= 0.6 is 0 Å². The Morgan fingerprint density at radius 3 is 2.57 bits per heavy atom. The van der Waals surface area contributed by atoms with Gasteiger partial charge in [0.05, 0.1) is 5.56 Å². The maximum Gasteiger partial charge on any atom is 0.219 e. The molecule has 0 spiro atoms. The number of nitrogens with zero attached hydrogens (tertiary/aromatic N) is 6. The van der Waals surface area contributed by atoms with Gasteiger partial charge in [-0.1, -0.05) is 12.1 Å². The van der Waals surface area contributed by atoms with Gasteiger partial charge in [-0.3, -0.25) is 0 Å². The van der Waals surface area contributed by atoms with E-state index in [4.69, 9.17) is 10.00 Å². The molecule has 0 atom stereocenters. The third-order valence-electron chi connectivity index (χ3n) is 3.99. The predicted octanol–water partition coefficient (Wildman–Crippen LogP) is 3.13. The van der Waals surface area contributed by atoms with Crippen LogP contribution < -0.4 is 10.1 Å². The molecule has 0 amide bonds. The summed E-state index contributed by atoms with van der Waals surface area (Å²) in [4.78, 5) is 20.9. The molecule has 0 bridgehead atoms. The van der Waals surface area contributed by atoms with Crippen molar-refractivity contribution in [3.8, 4) is 17.7 Å². The van der Waals surface area contributed by atoms with E-state index in [-0.39, 0.29) is 0 Å². The van der Waals surface area contributed by atoms with Gasteiger partial charge in [-0.05, 0) is 30.2 Å². The Labute approximate surface area is 160 Å². The van der Waals surface area contributed by atoms with Crippen molar-refractivity contribution in [1.29, 1.82) is 5.26 Å². The van der Waals surface area contributed by atoms with Crippen molar-refractivity contribution in [1.82, 2.24) is 24.9 Å². The van der Waals surface area contributed by atoms with Gasteiger partial charge in [-0.25, -0.2) is 24.9 Å². The van der Waals surface area contributed by atoms with E-state index in [1.54, 1.807) is 24.5 Å². The molecular weight excluding hydrogens is 354 g/mol. The summed E-state index contributed by atoms with van der Waals surface area (Å²) in [5.41, 5.74) is 2.87. The summed E-state index contributed by atoms with van der Waals surface area (Å²) < 4.78 is 5.69. The maximum absolute atomic E-state index is 8.79. The third-order valence-corrected chi connectivity index (χ3v) is 3.99. The lowest BCUT2D eigenvalue weighted by atomic mass is 10.1. The van der Waals surface area contributed by atoms with Gasteiger partial charge in [-0.15, -0.1) is 0 Å². The number of fused-ring (bicyclic) bond motifs is 1. The summed E-state index contributed by atoms with van der Waals surface area (Å²) in [7, 11) is 0. The van der Waals surface area contributed by atoms with Crippen LogP contribution in [0.25, 0.3) is 11.2 Å². The number of rotatable bonds is 6. The Hall–Kier alpha value is -4.12. The van der Waals surface area contributed by atoms with Crippen LogP contribution in [-0.2, 0) is 6.42 Å². The number of hydrogen-bond donors (Lipinski definition) is 1. The standard InChI is InChI=1S/C20H15N7O/c21-11-15-3-6-17(25-12-15)28-16-4-1-14(2-5-16)7-8-23-19-18-20(27-13-26-19)24-10-9-22-18/h1-6,9-10,12-13H,7-8H2,(H,23,24,26,27). The van der Waals surface area contributed by atoms with Crippen LogP contribution in [0.15, 0.2) is 61.3 Å². The molecule has 28 heavy (non-hydrogen) atoms. The van der Waals surface area contributed by atoms with Crippen molar-refractivity contribution in [2.45, 2.75) is 6.42 Å². The molecule has 8 heteroatoms. The largest absolute Gasteiger partial charge is 0.439 e. The van der Waals surface area contributed by atoms with Crippen LogP contribution in [0, 0.1) is 11.3 Å². The van der Waals surface area contributed by atoms with E-state index in [0.29, 0.717) is 40.7 Å². The van der Waals surface area contributed by atoms with Crippen molar-refractivity contribution in [3.63, 3.8) is 0 Å². The van der Waals surface area contributed by atoms with Crippen LogP contribution in [0.3, 0.4) is 0 Å². The van der Waals surface area contributed by atoms with Crippen LogP contribution in [0.5, 0.6) is 11.6 Å². The fourth-order valence-corrected chi connectivity index (χ4v) is 2.60. The summed E-state index contributed by atoms with van der Waals surface area (Å²) >= 11 is 0. The zero-order valence-electron chi connectivity index (χ0n) is 14.8. The second-order valence-corrected chi connectivity index (χ2v) is 5.87. The Morgan fingerprint density at radius 1 is 0.929 bits per heavy atom. The highest BCUT2D eigenvalue weighted by Crippen LogP contribution is 2.20. The summed E-state index contributed by atoms with van der Waals surface area (Å²) in [6.07, 6.45) is 6.99. The minimum absolute atomic E-state index is 0.449. The monoisotopic (exact) mass is 369 g/mol. The molecule has 0 unspecified atom stereocenters. The van der Waals surface area contributed by atoms with Crippen molar-refractivity contribution in [2.24, 2.45) is 0 Å². The van der Waals surface area contributed by atoms with E-state index in [1.807, 2.05) is 30.3 Å². The van der Waals surface area contributed by atoms with Crippen molar-refractivity contribution < 1.29 is 4.74 Å². The van der Waals surface area contributed by atoms with Gasteiger partial charge in [0.15, 0.2) is 11.5 Å². The molecule has 0 saturated carbocycles. The molecular formula is C20H15N7O. The Kier molecular flexibility index (Phi) is 4.98. The van der Waals surface area contributed by atoms with E-state index < -0.39 is 0 Å². The lowest BCUT2D eigenvalue weighted by Gasteiger charge is -2.08. The first-order chi connectivity index (χ1) is 13.8. The van der Waals surface area contributed by atoms with Gasteiger partial charge in [0.25, 0.3) is 0 Å². The Bertz CT molecular complexity index is 1120. The maximum atomic E-state index is 8.79. The number of ether oxygens (including phenoxy) is 1. The smallest absolute Gasteiger partial charge is 0.219 e. The molecule has 4 rings (SSSR count). The van der Waals surface area contributed by atoms with Gasteiger partial charge in [0, 0.05) is 31.2 Å². The summed E-state index contributed by atoms with van der Waals surface area (Å²) in [5.74, 6) is 1.81. The quantitative estimate of drug-likeness (QED) is 0.552. The van der Waals surface area contributed by atoms with Gasteiger partial charge >= 0.3 is 0 Å². The van der Waals surface area contributed by atoms with Gasteiger partial charge < -0.3 is 10.1 Å². The number of aromatic nitrogens is 5. The normalized spacial score (nSPS) is 10.4. The number of pyridine rings is 1. The average Bonchev–Trinajstić information content (AvgIpc) is 2.76. The van der Waals surface area contributed by atoms with E-state index in [9.17, 15) is 0 Å². The van der Waals surface area contributed by atoms with Crippen LogP contribution in [-0.4, -0.2) is 31.5 Å². The first kappa shape index (κ1) is 17.3. The highest BCUT2D eigenvalue weighted by Gasteiger charge is 2.05. The zero-order valence-corrected chi connectivity index (χ0v) is 14.8. The first-order valence-corrected chi connectivity index (χ1v) is 8.60. The molecule has 0 aliphatic rings. The number of nitrogens with one attached hydrogen (secondary N) is 1. The summed E-state index contributed by atoms with van der Waals surface area (Å²) in [6.45, 7) is 0.695. The van der Waals surface area contributed by atoms with Crippen LogP contribution in [0.2, 0.25) is 0 Å². The van der Waals surface area contributed by atoms with Crippen molar-refractivity contribution in [3.05, 3.63) is 72.4 Å². The number of anilines is 1. The lowest BCUT2D eigenvalue weighted by molar-refractivity contribution is 0.462. The van der Waals surface area contributed by atoms with E-state index >= 15 is 0 Å². The third kappa shape index (κ3) is 3.99. The molecule has 3 heterocycles. The van der Waals surface area contributed by atoms with Gasteiger partial charge in [0.1, 0.15) is 23.7 Å². The van der Waals surface area contributed by atoms with E-state index in [2.05, 4.69) is 30.2 Å². The molecule has 0 aliphatic heterocycles. The summed E-state index contributed by atoms with van der Waals surface area (Å²) in [6, 6.07) is 13.1. The van der Waals surface area contributed by atoms with Gasteiger partial charge in [0.2, 0.25) is 5.88 Å². The molecule has 0 aliphatic carbocycles. The predicted molar refractivity (Wildman–Crippen MR) is 103 cm³/mol. The van der Waals surface area contributed by atoms with E-state index in [0.717, 1.165) is 12.0 Å². The van der Waals surface area contributed by atoms with Gasteiger partial charge in [-0.2, -0.15) is 5.26 Å². The fraction of sp³-hybridized carbons (Fsp3) is 0.100. The Morgan fingerprint density at radius 2 is 1.79 bits per heavy atom. The number of hydrogen-bond acceptors (Lipinski definition) is 8. The second kappa shape index (κ2) is 8.05. The second-order valence-electron chi connectivity index (χ2n) is 5.87. The van der Waals surface area contributed by atoms with Crippen LogP contribution in [0.4, 0.5) is 5.82 Å². The van der Waals surface area contributed by atoms with Crippen molar-refractivity contribution >= 4 is 17.0 Å². The molecule has 0 saturated heterocycles. The molecule has 136 valence electrons. The Balaban J connectivity index is 1.35. The SMILES string of the molecule is N#Cc1ccc(Oc2ccc(CCNc3ncnc4nccnc34)cc2)nc1. The molecule has 3 aromatic heterocycles. The zero-order chi connectivity index (χ0) is 19.2. The first-order valence-electron chi connectivity index (χ1n) is 8.60. The highest BCUT2D eigenvalue weighted by molar-refractivity contribution is 5.81. The lowest BCUT2D eigenvalue weighted by Crippen LogP contribution is -2.08. The molecule has 4 aromatic rings. The van der Waals surface area contributed by atoms with Crippen molar-refractivity contribution in [2.75, 3.05) is 11.9 Å². The number of benzene rings is 1.